The lowest BCUT2D eigenvalue weighted by Gasteiger charge is -2.33. The van der Waals surface area contributed by atoms with E-state index in [0.29, 0.717) is 37.3 Å². The van der Waals surface area contributed by atoms with Gasteiger partial charge in [-0.15, -0.1) is 0 Å². The maximum atomic E-state index is 13.1. The van der Waals surface area contributed by atoms with Crippen LogP contribution in [0.25, 0.3) is 0 Å². The van der Waals surface area contributed by atoms with Gasteiger partial charge in [0.1, 0.15) is 0 Å². The zero-order chi connectivity index (χ0) is 18.9. The number of aryl methyl sites for hydroxylation is 1. The number of nitrogens with zero attached hydrogens (tertiary/aromatic N) is 4. The molecule has 1 aromatic rings. The van der Waals surface area contributed by atoms with Crippen molar-refractivity contribution in [3.05, 3.63) is 29.3 Å². The fourth-order valence-corrected chi connectivity index (χ4v) is 5.04. The van der Waals surface area contributed by atoms with E-state index in [-0.39, 0.29) is 10.8 Å². The summed E-state index contributed by atoms with van der Waals surface area (Å²) in [5.41, 5.74) is 1.13. The molecule has 144 valence electrons. The second-order valence-corrected chi connectivity index (χ2v) is 9.19. The number of likely N-dealkylation sites (N-methyl/N-ethyl adjacent to an activating group) is 2. The number of piperazine rings is 2. The minimum atomic E-state index is -3.58. The average molecular weight is 381 g/mol. The monoisotopic (exact) mass is 380 g/mol. The molecule has 2 aliphatic rings. The van der Waals surface area contributed by atoms with E-state index in [0.717, 1.165) is 26.2 Å². The van der Waals surface area contributed by atoms with Crippen LogP contribution in [-0.4, -0.2) is 99.8 Å². The lowest BCUT2D eigenvalue weighted by atomic mass is 10.1. The molecule has 0 aromatic heterocycles. The van der Waals surface area contributed by atoms with Crippen molar-refractivity contribution < 1.29 is 13.2 Å². The van der Waals surface area contributed by atoms with Crippen LogP contribution < -0.4 is 0 Å². The van der Waals surface area contributed by atoms with E-state index in [9.17, 15) is 13.2 Å². The van der Waals surface area contributed by atoms with Gasteiger partial charge in [-0.05, 0) is 38.7 Å². The van der Waals surface area contributed by atoms with Crippen molar-refractivity contribution in [2.75, 3.05) is 66.5 Å². The Hall–Kier alpha value is -1.48. The van der Waals surface area contributed by atoms with Gasteiger partial charge in [0.25, 0.3) is 5.91 Å². The van der Waals surface area contributed by atoms with E-state index < -0.39 is 10.0 Å². The molecule has 2 aliphatic heterocycles. The summed E-state index contributed by atoms with van der Waals surface area (Å²) >= 11 is 0. The number of carbonyl (C=O) groups excluding carboxylic acids is 1. The molecule has 2 fully saturated rings. The number of benzene rings is 1. The van der Waals surface area contributed by atoms with Gasteiger partial charge in [-0.25, -0.2) is 8.42 Å². The van der Waals surface area contributed by atoms with Crippen molar-refractivity contribution in [3.8, 4) is 0 Å². The van der Waals surface area contributed by atoms with Crippen LogP contribution in [0.4, 0.5) is 0 Å². The van der Waals surface area contributed by atoms with E-state index in [2.05, 4.69) is 9.80 Å². The molecule has 0 spiro atoms. The van der Waals surface area contributed by atoms with Crippen LogP contribution in [-0.2, 0) is 10.0 Å². The van der Waals surface area contributed by atoms with E-state index in [1.54, 1.807) is 30.0 Å². The minimum Gasteiger partial charge on any atom is -0.336 e. The van der Waals surface area contributed by atoms with Crippen LogP contribution in [0.3, 0.4) is 0 Å². The molecule has 8 heteroatoms. The third kappa shape index (κ3) is 3.93. The molecule has 0 aliphatic carbocycles. The van der Waals surface area contributed by atoms with Crippen molar-refractivity contribution in [2.24, 2.45) is 0 Å². The highest BCUT2D eigenvalue weighted by molar-refractivity contribution is 7.89. The molecule has 7 nitrogen and oxygen atoms in total. The molecule has 26 heavy (non-hydrogen) atoms. The molecule has 0 atom stereocenters. The quantitative estimate of drug-likeness (QED) is 0.756. The number of rotatable bonds is 3. The molecule has 1 aromatic carbocycles. The van der Waals surface area contributed by atoms with Gasteiger partial charge in [0, 0.05) is 57.9 Å². The van der Waals surface area contributed by atoms with Crippen LogP contribution in [0, 0.1) is 6.92 Å². The molecule has 3 rings (SSSR count). The number of hydrogen-bond donors (Lipinski definition) is 0. The van der Waals surface area contributed by atoms with Crippen LogP contribution in [0.2, 0.25) is 0 Å². The van der Waals surface area contributed by atoms with E-state index in [1.165, 1.54) is 4.31 Å². The first-order valence-corrected chi connectivity index (χ1v) is 10.5. The maximum Gasteiger partial charge on any atom is 0.253 e. The van der Waals surface area contributed by atoms with Gasteiger partial charge in [-0.3, -0.25) is 4.79 Å². The van der Waals surface area contributed by atoms with Gasteiger partial charge in [-0.1, -0.05) is 6.07 Å². The van der Waals surface area contributed by atoms with E-state index in [4.69, 9.17) is 0 Å². The largest absolute Gasteiger partial charge is 0.336 e. The predicted molar refractivity (Wildman–Crippen MR) is 101 cm³/mol. The Morgan fingerprint density at radius 3 is 2.00 bits per heavy atom. The standard InChI is InChI=1S/C18H28N4O3S/c1-15-4-5-16(18(23)21-10-6-19(2)7-11-21)14-17(15)26(24,25)22-12-8-20(3)9-13-22/h4-5,14H,6-13H2,1-3H3. The lowest BCUT2D eigenvalue weighted by molar-refractivity contribution is 0.0664. The summed E-state index contributed by atoms with van der Waals surface area (Å²) in [7, 11) is 0.443. The summed E-state index contributed by atoms with van der Waals surface area (Å²) in [6.07, 6.45) is 0. The first kappa shape index (κ1) is 19.3. The van der Waals surface area contributed by atoms with Gasteiger partial charge in [0.05, 0.1) is 4.90 Å². The highest BCUT2D eigenvalue weighted by Gasteiger charge is 2.30. The summed E-state index contributed by atoms with van der Waals surface area (Å²) in [4.78, 5) is 19.2. The summed E-state index contributed by atoms with van der Waals surface area (Å²) < 4.78 is 27.7. The van der Waals surface area contributed by atoms with Gasteiger partial charge in [-0.2, -0.15) is 4.31 Å². The van der Waals surface area contributed by atoms with Crippen LogP contribution in [0.15, 0.2) is 23.1 Å². The SMILES string of the molecule is Cc1ccc(C(=O)N2CCN(C)CC2)cc1S(=O)(=O)N1CCN(C)CC1. The van der Waals surface area contributed by atoms with Gasteiger partial charge >= 0.3 is 0 Å². The molecule has 2 heterocycles. The molecular weight excluding hydrogens is 352 g/mol. The molecule has 2 saturated heterocycles. The Kier molecular flexibility index (Phi) is 5.67. The van der Waals surface area contributed by atoms with Crippen molar-refractivity contribution in [1.29, 1.82) is 0 Å². The van der Waals surface area contributed by atoms with Gasteiger partial charge in [0.2, 0.25) is 10.0 Å². The summed E-state index contributed by atoms with van der Waals surface area (Å²) in [6, 6.07) is 5.04. The maximum absolute atomic E-state index is 13.1. The Balaban J connectivity index is 1.84. The smallest absolute Gasteiger partial charge is 0.253 e. The topological polar surface area (TPSA) is 64.2 Å². The fourth-order valence-electron chi connectivity index (χ4n) is 3.37. The number of carbonyl (C=O) groups is 1. The lowest BCUT2D eigenvalue weighted by Crippen LogP contribution is -2.47. The predicted octanol–water partition coefficient (Wildman–Crippen LogP) is 0.319. The summed E-state index contributed by atoms with van der Waals surface area (Å²) in [6.45, 7) is 7.20. The Morgan fingerprint density at radius 2 is 1.42 bits per heavy atom. The molecule has 0 bridgehead atoms. The highest BCUT2D eigenvalue weighted by Crippen LogP contribution is 2.23. The second kappa shape index (κ2) is 7.64. The Labute approximate surface area is 156 Å². The first-order valence-electron chi connectivity index (χ1n) is 9.06. The molecule has 0 N–H and O–H groups in total. The highest BCUT2D eigenvalue weighted by atomic mass is 32.2. The van der Waals surface area contributed by atoms with Crippen LogP contribution >= 0.6 is 0 Å². The zero-order valence-electron chi connectivity index (χ0n) is 15.8. The van der Waals surface area contributed by atoms with E-state index in [1.807, 2.05) is 14.1 Å². The third-order valence-corrected chi connectivity index (χ3v) is 7.35. The molecule has 1 amide bonds. The molecule has 0 saturated carbocycles. The first-order chi connectivity index (χ1) is 12.3. The number of hydrogen-bond acceptors (Lipinski definition) is 5. The van der Waals surface area contributed by atoms with Gasteiger partial charge in [0.15, 0.2) is 0 Å². The average Bonchev–Trinajstić information content (AvgIpc) is 2.62. The molecular formula is C18H28N4O3S. The molecule has 0 unspecified atom stereocenters. The fraction of sp³-hybridized carbons (Fsp3) is 0.611. The van der Waals surface area contributed by atoms with Crippen molar-refractivity contribution in [3.63, 3.8) is 0 Å². The van der Waals surface area contributed by atoms with Crippen LogP contribution in [0.5, 0.6) is 0 Å². The Bertz CT molecular complexity index is 765. The third-order valence-electron chi connectivity index (χ3n) is 5.31. The van der Waals surface area contributed by atoms with Crippen LogP contribution in [0.1, 0.15) is 15.9 Å². The van der Waals surface area contributed by atoms with Crippen molar-refractivity contribution >= 4 is 15.9 Å². The summed E-state index contributed by atoms with van der Waals surface area (Å²) in [5.74, 6) is -0.0899. The molecule has 0 radical (unpaired) electrons. The van der Waals surface area contributed by atoms with Crippen molar-refractivity contribution in [2.45, 2.75) is 11.8 Å². The second-order valence-electron chi connectivity index (χ2n) is 7.28. The normalized spacial score (nSPS) is 21.1. The van der Waals surface area contributed by atoms with Gasteiger partial charge < -0.3 is 14.7 Å². The summed E-state index contributed by atoms with van der Waals surface area (Å²) in [5, 5.41) is 0. The minimum absolute atomic E-state index is 0.0899. The number of amides is 1. The zero-order valence-corrected chi connectivity index (χ0v) is 16.6. The van der Waals surface area contributed by atoms with Crippen molar-refractivity contribution in [1.82, 2.24) is 19.0 Å². The number of sulfonamides is 1. The Morgan fingerprint density at radius 1 is 0.885 bits per heavy atom. The van der Waals surface area contributed by atoms with E-state index >= 15 is 0 Å².